The van der Waals surface area contributed by atoms with E-state index in [-0.39, 0.29) is 24.4 Å². The van der Waals surface area contributed by atoms with E-state index in [1.165, 1.54) is 17.1 Å². The molecule has 4 aromatic rings. The summed E-state index contributed by atoms with van der Waals surface area (Å²) < 4.78 is 14.3. The van der Waals surface area contributed by atoms with Gasteiger partial charge in [0.25, 0.3) is 5.56 Å². The summed E-state index contributed by atoms with van der Waals surface area (Å²) in [4.78, 5) is 32.2. The molecular weight excluding hydrogens is 446 g/mol. The molecule has 178 valence electrons. The highest BCUT2D eigenvalue weighted by molar-refractivity contribution is 5.94. The highest BCUT2D eigenvalue weighted by atomic mass is 16.6. The quantitative estimate of drug-likeness (QED) is 0.412. The topological polar surface area (TPSA) is 91.5 Å². The van der Waals surface area contributed by atoms with Gasteiger partial charge in [-0.2, -0.15) is 5.10 Å². The van der Waals surface area contributed by atoms with Crippen LogP contribution in [0.3, 0.4) is 0 Å². The third kappa shape index (κ3) is 4.79. The van der Waals surface area contributed by atoms with Gasteiger partial charge in [-0.05, 0) is 17.7 Å². The summed E-state index contributed by atoms with van der Waals surface area (Å²) in [5, 5.41) is 4.52. The minimum atomic E-state index is -0.217. The van der Waals surface area contributed by atoms with Gasteiger partial charge in [0, 0.05) is 38.3 Å². The molecule has 5 rings (SSSR count). The van der Waals surface area contributed by atoms with Crippen molar-refractivity contribution in [3.63, 3.8) is 0 Å². The molecule has 2 aromatic carbocycles. The Kier molecular flexibility index (Phi) is 6.30. The molecular formula is C26H25N5O4. The summed E-state index contributed by atoms with van der Waals surface area (Å²) in [6.45, 7) is 1.53. The lowest BCUT2D eigenvalue weighted by Gasteiger charge is -2.25. The van der Waals surface area contributed by atoms with Crippen LogP contribution in [0.5, 0.6) is 11.5 Å². The zero-order valence-corrected chi connectivity index (χ0v) is 19.3. The van der Waals surface area contributed by atoms with Crippen LogP contribution in [0.1, 0.15) is 12.0 Å². The monoisotopic (exact) mass is 471 g/mol. The van der Waals surface area contributed by atoms with Gasteiger partial charge < -0.3 is 14.4 Å². The van der Waals surface area contributed by atoms with Crippen LogP contribution in [0.2, 0.25) is 0 Å². The smallest absolute Gasteiger partial charge is 0.264 e. The van der Waals surface area contributed by atoms with Gasteiger partial charge in [0.05, 0.1) is 12.5 Å². The Balaban J connectivity index is 1.37. The van der Waals surface area contributed by atoms with Crippen LogP contribution in [0, 0.1) is 0 Å². The van der Waals surface area contributed by atoms with Gasteiger partial charge in [-0.1, -0.05) is 42.5 Å². The summed E-state index contributed by atoms with van der Waals surface area (Å²) in [5.41, 5.74) is 2.04. The van der Waals surface area contributed by atoms with Gasteiger partial charge in [-0.25, -0.2) is 4.98 Å². The first-order valence-electron chi connectivity index (χ1n) is 11.4. The maximum absolute atomic E-state index is 13.4. The Morgan fingerprint density at radius 3 is 2.74 bits per heavy atom. The largest absolute Gasteiger partial charge is 0.486 e. The summed E-state index contributed by atoms with van der Waals surface area (Å²) in [6.07, 6.45) is 7.01. The van der Waals surface area contributed by atoms with E-state index in [4.69, 9.17) is 9.47 Å². The van der Waals surface area contributed by atoms with Crippen molar-refractivity contribution in [3.8, 4) is 11.5 Å². The fourth-order valence-electron chi connectivity index (χ4n) is 3.99. The maximum atomic E-state index is 13.4. The van der Waals surface area contributed by atoms with Crippen molar-refractivity contribution in [2.24, 2.45) is 7.05 Å². The van der Waals surface area contributed by atoms with Crippen molar-refractivity contribution in [2.45, 2.75) is 13.0 Å². The predicted octanol–water partition coefficient (Wildman–Crippen LogP) is 3.04. The van der Waals surface area contributed by atoms with Crippen molar-refractivity contribution in [1.29, 1.82) is 0 Å². The number of carbonyl (C=O) groups is 1. The Morgan fingerprint density at radius 1 is 1.11 bits per heavy atom. The van der Waals surface area contributed by atoms with Gasteiger partial charge in [-0.15, -0.1) is 0 Å². The molecule has 0 aliphatic carbocycles. The Labute approximate surface area is 201 Å². The van der Waals surface area contributed by atoms with Gasteiger partial charge >= 0.3 is 0 Å². The standard InChI is InChI=1S/C26H25N5O4/c1-29-25-21(17-28-29)26(33)30(18-27-25)13-11-24(32)31(12-5-8-19-6-3-2-4-7-19)20-9-10-22-23(16-20)35-15-14-34-22/h2-10,16-18H,11-15H2,1H3/b8-5+. The molecule has 35 heavy (non-hydrogen) atoms. The summed E-state index contributed by atoms with van der Waals surface area (Å²) in [7, 11) is 1.73. The normalized spacial score (nSPS) is 12.8. The Morgan fingerprint density at radius 2 is 1.91 bits per heavy atom. The number of hydrogen-bond donors (Lipinski definition) is 0. The molecule has 0 bridgehead atoms. The lowest BCUT2D eigenvalue weighted by molar-refractivity contribution is -0.118. The van der Waals surface area contributed by atoms with E-state index in [0.717, 1.165) is 5.56 Å². The van der Waals surface area contributed by atoms with Crippen molar-refractivity contribution < 1.29 is 14.3 Å². The molecule has 0 radical (unpaired) electrons. The van der Waals surface area contributed by atoms with Crippen LogP contribution < -0.4 is 19.9 Å². The molecule has 0 saturated carbocycles. The molecule has 9 heteroatoms. The third-order valence-electron chi connectivity index (χ3n) is 5.82. The highest BCUT2D eigenvalue weighted by Crippen LogP contribution is 2.34. The maximum Gasteiger partial charge on any atom is 0.264 e. The van der Waals surface area contributed by atoms with Crippen LogP contribution >= 0.6 is 0 Å². The molecule has 9 nitrogen and oxygen atoms in total. The number of nitrogens with zero attached hydrogens (tertiary/aromatic N) is 5. The van der Waals surface area contributed by atoms with E-state index < -0.39 is 0 Å². The second kappa shape index (κ2) is 9.84. The lowest BCUT2D eigenvalue weighted by atomic mass is 10.2. The van der Waals surface area contributed by atoms with Crippen molar-refractivity contribution in [3.05, 3.63) is 83.0 Å². The molecule has 0 fully saturated rings. The molecule has 0 N–H and O–H groups in total. The van der Waals surface area contributed by atoms with Gasteiger partial charge in [-0.3, -0.25) is 18.8 Å². The summed E-state index contributed by atoms with van der Waals surface area (Å²) in [6, 6.07) is 15.4. The zero-order chi connectivity index (χ0) is 24.2. The number of fused-ring (bicyclic) bond motifs is 2. The fraction of sp³-hybridized carbons (Fsp3) is 0.231. The van der Waals surface area contributed by atoms with Crippen LogP contribution in [0.15, 0.2) is 71.9 Å². The van der Waals surface area contributed by atoms with E-state index in [1.54, 1.807) is 16.6 Å². The number of ether oxygens (including phenoxy) is 2. The Hall–Kier alpha value is -4.40. The first-order chi connectivity index (χ1) is 17.1. The molecule has 3 heterocycles. The summed E-state index contributed by atoms with van der Waals surface area (Å²) >= 11 is 0. The molecule has 0 atom stereocenters. The molecule has 0 saturated heterocycles. The average molecular weight is 472 g/mol. The molecule has 0 unspecified atom stereocenters. The first-order valence-corrected chi connectivity index (χ1v) is 11.4. The number of rotatable bonds is 7. The van der Waals surface area contributed by atoms with E-state index in [9.17, 15) is 9.59 Å². The minimum Gasteiger partial charge on any atom is -0.486 e. The highest BCUT2D eigenvalue weighted by Gasteiger charge is 2.19. The molecule has 1 aliphatic heterocycles. The Bertz CT molecular complexity index is 1440. The van der Waals surface area contributed by atoms with Crippen LogP contribution in [-0.2, 0) is 18.4 Å². The predicted molar refractivity (Wildman–Crippen MR) is 133 cm³/mol. The second-order valence-corrected chi connectivity index (χ2v) is 8.14. The van der Waals surface area contributed by atoms with E-state index in [1.807, 2.05) is 60.7 Å². The van der Waals surface area contributed by atoms with E-state index in [0.29, 0.717) is 48.0 Å². The number of hydrogen-bond acceptors (Lipinski definition) is 6. The molecule has 2 aromatic heterocycles. The number of aromatic nitrogens is 4. The van der Waals surface area contributed by atoms with E-state index >= 15 is 0 Å². The van der Waals surface area contributed by atoms with E-state index in [2.05, 4.69) is 10.1 Å². The van der Waals surface area contributed by atoms with Crippen LogP contribution in [-0.4, -0.2) is 45.0 Å². The number of amides is 1. The fourth-order valence-corrected chi connectivity index (χ4v) is 3.99. The number of benzene rings is 2. The molecule has 1 aliphatic rings. The van der Waals surface area contributed by atoms with Crippen molar-refractivity contribution in [2.75, 3.05) is 24.7 Å². The van der Waals surface area contributed by atoms with Gasteiger partial charge in [0.1, 0.15) is 18.6 Å². The average Bonchev–Trinajstić information content (AvgIpc) is 3.27. The number of carbonyl (C=O) groups excluding carboxylic acids is 1. The van der Waals surface area contributed by atoms with Gasteiger partial charge in [0.2, 0.25) is 5.91 Å². The van der Waals surface area contributed by atoms with Crippen molar-refractivity contribution >= 4 is 28.7 Å². The molecule has 1 amide bonds. The van der Waals surface area contributed by atoms with Crippen LogP contribution in [0.4, 0.5) is 5.69 Å². The zero-order valence-electron chi connectivity index (χ0n) is 19.3. The van der Waals surface area contributed by atoms with Gasteiger partial charge in [0.15, 0.2) is 17.1 Å². The second-order valence-electron chi connectivity index (χ2n) is 8.14. The van der Waals surface area contributed by atoms with Crippen LogP contribution in [0.25, 0.3) is 17.1 Å². The van der Waals surface area contributed by atoms with Crippen molar-refractivity contribution in [1.82, 2.24) is 19.3 Å². The lowest BCUT2D eigenvalue weighted by Crippen LogP contribution is -2.33. The number of aryl methyl sites for hydroxylation is 2. The third-order valence-corrected chi connectivity index (χ3v) is 5.82. The minimum absolute atomic E-state index is 0.126. The molecule has 0 spiro atoms. The summed E-state index contributed by atoms with van der Waals surface area (Å²) in [5.74, 6) is 1.15. The first kappa shape index (κ1) is 22.4. The SMILES string of the molecule is Cn1ncc2c(=O)n(CCC(=O)N(C/C=C/c3ccccc3)c3ccc4c(c3)OCCO4)cnc21. The number of anilines is 1.